The van der Waals surface area contributed by atoms with Gasteiger partial charge in [0.1, 0.15) is 0 Å². The van der Waals surface area contributed by atoms with Crippen molar-refractivity contribution in [1.29, 1.82) is 0 Å². The van der Waals surface area contributed by atoms with E-state index in [-0.39, 0.29) is 6.61 Å². The number of hydrogen-bond donors (Lipinski definition) is 1. The lowest BCUT2D eigenvalue weighted by Gasteiger charge is -2.10. The van der Waals surface area contributed by atoms with E-state index in [0.717, 1.165) is 12.0 Å². The normalized spacial score (nSPS) is 9.73. The van der Waals surface area contributed by atoms with Crippen LogP contribution in [0, 0.1) is 0 Å². The first-order chi connectivity index (χ1) is 7.31. The Morgan fingerprint density at radius 1 is 1.40 bits per heavy atom. The Morgan fingerprint density at radius 3 is 2.80 bits per heavy atom. The monoisotopic (exact) mass is 208 g/mol. The predicted molar refractivity (Wildman–Crippen MR) is 59.2 cm³/mol. The molecule has 0 amide bonds. The molecule has 0 aliphatic rings. The van der Waals surface area contributed by atoms with Crippen LogP contribution < -0.4 is 9.47 Å². The number of ether oxygens (including phenoxy) is 2. The summed E-state index contributed by atoms with van der Waals surface area (Å²) in [5.41, 5.74) is 0.810. The highest BCUT2D eigenvalue weighted by molar-refractivity contribution is 5.42. The number of benzene rings is 1. The van der Waals surface area contributed by atoms with Gasteiger partial charge in [0, 0.05) is 0 Å². The zero-order valence-electron chi connectivity index (χ0n) is 8.90. The van der Waals surface area contributed by atoms with E-state index in [0.29, 0.717) is 18.1 Å². The van der Waals surface area contributed by atoms with Crippen LogP contribution in [0.3, 0.4) is 0 Å². The van der Waals surface area contributed by atoms with E-state index in [4.69, 9.17) is 14.6 Å². The van der Waals surface area contributed by atoms with Crippen LogP contribution in [-0.2, 0) is 6.61 Å². The molecule has 0 unspecified atom stereocenters. The Balaban J connectivity index is 2.76. The molecule has 0 saturated carbocycles. The van der Waals surface area contributed by atoms with E-state index in [9.17, 15) is 0 Å². The van der Waals surface area contributed by atoms with E-state index in [2.05, 4.69) is 6.58 Å². The molecule has 3 heteroatoms. The summed E-state index contributed by atoms with van der Waals surface area (Å²) >= 11 is 0. The van der Waals surface area contributed by atoms with Gasteiger partial charge in [-0.1, -0.05) is 12.1 Å². The summed E-state index contributed by atoms with van der Waals surface area (Å²) in [5.74, 6) is 1.34. The summed E-state index contributed by atoms with van der Waals surface area (Å²) in [6.45, 7) is 4.18. The molecule has 0 aromatic heterocycles. The van der Waals surface area contributed by atoms with E-state index < -0.39 is 0 Å². The van der Waals surface area contributed by atoms with Crippen molar-refractivity contribution in [2.45, 2.75) is 13.0 Å². The lowest BCUT2D eigenvalue weighted by molar-refractivity contribution is 0.276. The minimum absolute atomic E-state index is 0.00180. The maximum atomic E-state index is 8.98. The largest absolute Gasteiger partial charge is 0.493 e. The SMILES string of the molecule is C=CCCOc1cc(CO)ccc1OC. The quantitative estimate of drug-likeness (QED) is 0.575. The number of rotatable bonds is 6. The molecule has 0 bridgehead atoms. The summed E-state index contributed by atoms with van der Waals surface area (Å²) in [4.78, 5) is 0. The first-order valence-corrected chi connectivity index (χ1v) is 4.83. The lowest BCUT2D eigenvalue weighted by atomic mass is 10.2. The first kappa shape index (κ1) is 11.6. The standard InChI is InChI=1S/C12H16O3/c1-3-4-7-15-12-8-10(9-13)5-6-11(12)14-2/h3,5-6,8,13H,1,4,7,9H2,2H3. The third-order valence-corrected chi connectivity index (χ3v) is 1.99. The molecule has 0 spiro atoms. The average molecular weight is 208 g/mol. The Morgan fingerprint density at radius 2 is 2.20 bits per heavy atom. The molecule has 0 aliphatic carbocycles. The smallest absolute Gasteiger partial charge is 0.161 e. The third kappa shape index (κ3) is 3.29. The Hall–Kier alpha value is -1.48. The van der Waals surface area contributed by atoms with Crippen molar-refractivity contribution in [3.8, 4) is 11.5 Å². The van der Waals surface area contributed by atoms with Crippen molar-refractivity contribution in [2.75, 3.05) is 13.7 Å². The zero-order valence-corrected chi connectivity index (χ0v) is 8.90. The van der Waals surface area contributed by atoms with Gasteiger partial charge >= 0.3 is 0 Å². The number of aliphatic hydroxyl groups excluding tert-OH is 1. The van der Waals surface area contributed by atoms with E-state index in [1.54, 1.807) is 31.4 Å². The van der Waals surface area contributed by atoms with Crippen molar-refractivity contribution in [3.05, 3.63) is 36.4 Å². The molecular weight excluding hydrogens is 192 g/mol. The molecule has 0 radical (unpaired) electrons. The molecule has 1 aromatic rings. The van der Waals surface area contributed by atoms with Crippen molar-refractivity contribution in [2.24, 2.45) is 0 Å². The molecule has 0 heterocycles. The van der Waals surface area contributed by atoms with Crippen LogP contribution in [0.25, 0.3) is 0 Å². The van der Waals surface area contributed by atoms with Crippen LogP contribution >= 0.6 is 0 Å². The van der Waals surface area contributed by atoms with Gasteiger partial charge < -0.3 is 14.6 Å². The summed E-state index contributed by atoms with van der Waals surface area (Å²) < 4.78 is 10.6. The molecule has 0 aliphatic heterocycles. The predicted octanol–water partition coefficient (Wildman–Crippen LogP) is 2.14. The van der Waals surface area contributed by atoms with E-state index in [1.165, 1.54) is 0 Å². The van der Waals surface area contributed by atoms with Gasteiger partial charge in [0.15, 0.2) is 11.5 Å². The highest BCUT2D eigenvalue weighted by Crippen LogP contribution is 2.28. The highest BCUT2D eigenvalue weighted by Gasteiger charge is 2.04. The summed E-state index contributed by atoms with van der Waals surface area (Å²) in [5, 5.41) is 8.98. The van der Waals surface area contributed by atoms with E-state index in [1.807, 2.05) is 0 Å². The molecule has 82 valence electrons. The number of hydrogen-bond acceptors (Lipinski definition) is 3. The van der Waals surface area contributed by atoms with Crippen molar-refractivity contribution in [3.63, 3.8) is 0 Å². The topological polar surface area (TPSA) is 38.7 Å². The van der Waals surface area contributed by atoms with Crippen LogP contribution in [0.15, 0.2) is 30.9 Å². The van der Waals surface area contributed by atoms with Crippen LogP contribution in [-0.4, -0.2) is 18.8 Å². The molecule has 15 heavy (non-hydrogen) atoms. The van der Waals surface area contributed by atoms with Crippen molar-refractivity contribution < 1.29 is 14.6 Å². The fraction of sp³-hybridized carbons (Fsp3) is 0.333. The van der Waals surface area contributed by atoms with Gasteiger partial charge in [0.05, 0.1) is 20.3 Å². The molecule has 3 nitrogen and oxygen atoms in total. The average Bonchev–Trinajstić information content (AvgIpc) is 2.29. The zero-order chi connectivity index (χ0) is 11.1. The van der Waals surface area contributed by atoms with Crippen LogP contribution in [0.2, 0.25) is 0 Å². The van der Waals surface area contributed by atoms with Crippen molar-refractivity contribution >= 4 is 0 Å². The molecule has 1 N–H and O–H groups in total. The van der Waals surface area contributed by atoms with Gasteiger partial charge in [-0.15, -0.1) is 6.58 Å². The molecule has 0 saturated heterocycles. The van der Waals surface area contributed by atoms with Crippen LogP contribution in [0.1, 0.15) is 12.0 Å². The van der Waals surface area contributed by atoms with Gasteiger partial charge in [0.2, 0.25) is 0 Å². The van der Waals surface area contributed by atoms with E-state index >= 15 is 0 Å². The second-order valence-corrected chi connectivity index (χ2v) is 3.07. The Bertz CT molecular complexity index is 321. The van der Waals surface area contributed by atoms with Gasteiger partial charge in [0.25, 0.3) is 0 Å². The second kappa shape index (κ2) is 6.09. The molecule has 1 rings (SSSR count). The summed E-state index contributed by atoms with van der Waals surface area (Å²) in [6.07, 6.45) is 2.58. The minimum Gasteiger partial charge on any atom is -0.493 e. The fourth-order valence-corrected chi connectivity index (χ4v) is 1.18. The van der Waals surface area contributed by atoms with Crippen LogP contribution in [0.5, 0.6) is 11.5 Å². The highest BCUT2D eigenvalue weighted by atomic mass is 16.5. The summed E-state index contributed by atoms with van der Waals surface area (Å²) in [6, 6.07) is 5.37. The van der Waals surface area contributed by atoms with Gasteiger partial charge in [-0.3, -0.25) is 0 Å². The lowest BCUT2D eigenvalue weighted by Crippen LogP contribution is -1.99. The maximum absolute atomic E-state index is 8.98. The maximum Gasteiger partial charge on any atom is 0.161 e. The first-order valence-electron chi connectivity index (χ1n) is 4.83. The molecule has 0 atom stereocenters. The second-order valence-electron chi connectivity index (χ2n) is 3.07. The van der Waals surface area contributed by atoms with Crippen LogP contribution in [0.4, 0.5) is 0 Å². The van der Waals surface area contributed by atoms with Gasteiger partial charge in [-0.2, -0.15) is 0 Å². The molecule has 1 aromatic carbocycles. The number of aliphatic hydroxyl groups is 1. The Labute approximate surface area is 90.0 Å². The molecular formula is C12H16O3. The number of methoxy groups -OCH3 is 1. The minimum atomic E-state index is 0.00180. The third-order valence-electron chi connectivity index (χ3n) is 1.99. The van der Waals surface area contributed by atoms with Gasteiger partial charge in [-0.05, 0) is 24.1 Å². The fourth-order valence-electron chi connectivity index (χ4n) is 1.18. The Kier molecular flexibility index (Phi) is 4.71. The summed E-state index contributed by atoms with van der Waals surface area (Å²) in [7, 11) is 1.59. The van der Waals surface area contributed by atoms with Gasteiger partial charge in [-0.25, -0.2) is 0 Å². The van der Waals surface area contributed by atoms with Crippen molar-refractivity contribution in [1.82, 2.24) is 0 Å². The molecule has 0 fully saturated rings.